The van der Waals surface area contributed by atoms with Crippen molar-refractivity contribution in [2.45, 2.75) is 52.5 Å². The summed E-state index contributed by atoms with van der Waals surface area (Å²) in [5, 5.41) is 4.92. The highest BCUT2D eigenvalue weighted by Crippen LogP contribution is 2.29. The number of ether oxygens (including phenoxy) is 1. The van der Waals surface area contributed by atoms with Crippen LogP contribution < -0.4 is 16.2 Å². The number of nitrogens with two attached hydrogens (primary N) is 2. The number of amides is 1. The number of nitrogen functional groups attached to an aromatic ring is 1. The van der Waals surface area contributed by atoms with Crippen LogP contribution in [0.5, 0.6) is 5.75 Å². The molecule has 2 heterocycles. The smallest absolute Gasteiger partial charge is 0.253 e. The highest BCUT2D eigenvalue weighted by atomic mass is 19.1. The maximum Gasteiger partial charge on any atom is 0.253 e. The molecular formula is C31H40FN7O2. The van der Waals surface area contributed by atoms with E-state index in [1.54, 1.807) is 11.9 Å². The SMILES string of the molecule is C#C.C#C.CC.COc1cc(F)cc2c1nc(N)n1nc(CCCCN(C)C(=O)c3ccc(C(C)(C)N)cc3)nc21. The molecule has 4 N–H and O–H groups in total. The van der Waals surface area contributed by atoms with E-state index in [1.807, 2.05) is 52.0 Å². The van der Waals surface area contributed by atoms with Crippen molar-refractivity contribution >= 4 is 28.4 Å². The molecule has 2 aromatic heterocycles. The second-order valence-electron chi connectivity index (χ2n) is 9.22. The van der Waals surface area contributed by atoms with Gasteiger partial charge in [-0.3, -0.25) is 4.79 Å². The summed E-state index contributed by atoms with van der Waals surface area (Å²) >= 11 is 0. The number of aryl methyl sites for hydroxylation is 1. The zero-order chi connectivity index (χ0) is 31.3. The Kier molecular flexibility index (Phi) is 13.2. The number of nitrogens with zero attached hydrogens (tertiary/aromatic N) is 5. The molecule has 0 saturated carbocycles. The zero-order valence-electron chi connectivity index (χ0n) is 24.7. The van der Waals surface area contributed by atoms with Crippen molar-refractivity contribution in [1.82, 2.24) is 24.5 Å². The molecule has 0 saturated heterocycles. The van der Waals surface area contributed by atoms with E-state index in [0.717, 1.165) is 18.4 Å². The molecule has 0 aliphatic heterocycles. The Balaban J connectivity index is 0.00000131. The normalized spacial score (nSPS) is 10.3. The van der Waals surface area contributed by atoms with E-state index < -0.39 is 11.4 Å². The van der Waals surface area contributed by atoms with Gasteiger partial charge >= 0.3 is 0 Å². The van der Waals surface area contributed by atoms with Crippen LogP contribution in [0.15, 0.2) is 36.4 Å². The first-order valence-electron chi connectivity index (χ1n) is 13.1. The maximum atomic E-state index is 14.1. The molecule has 0 unspecified atom stereocenters. The van der Waals surface area contributed by atoms with Gasteiger partial charge in [0.1, 0.15) is 17.1 Å². The van der Waals surface area contributed by atoms with Gasteiger partial charge in [-0.1, -0.05) is 26.0 Å². The minimum Gasteiger partial charge on any atom is -0.494 e. The first-order chi connectivity index (χ1) is 19.6. The molecular weight excluding hydrogens is 521 g/mol. The van der Waals surface area contributed by atoms with Gasteiger partial charge in [0.05, 0.1) is 12.5 Å². The average molecular weight is 562 g/mol. The van der Waals surface area contributed by atoms with Crippen molar-refractivity contribution in [3.63, 3.8) is 0 Å². The number of terminal acetylenes is 2. The molecule has 0 spiro atoms. The molecule has 2 aromatic carbocycles. The van der Waals surface area contributed by atoms with Crippen LogP contribution >= 0.6 is 0 Å². The molecule has 0 aliphatic carbocycles. The molecule has 1 amide bonds. The molecule has 0 bridgehead atoms. The van der Waals surface area contributed by atoms with Crippen LogP contribution in [-0.4, -0.2) is 51.1 Å². The van der Waals surface area contributed by atoms with Crippen molar-refractivity contribution in [2.75, 3.05) is 26.4 Å². The minimum atomic E-state index is -0.457. The van der Waals surface area contributed by atoms with Gasteiger partial charge in [0.2, 0.25) is 5.95 Å². The van der Waals surface area contributed by atoms with E-state index in [9.17, 15) is 9.18 Å². The summed E-state index contributed by atoms with van der Waals surface area (Å²) < 4.78 is 20.7. The summed E-state index contributed by atoms with van der Waals surface area (Å²) in [5.41, 5.74) is 14.2. The van der Waals surface area contributed by atoms with E-state index in [0.29, 0.717) is 40.9 Å². The van der Waals surface area contributed by atoms with Gasteiger partial charge in [-0.25, -0.2) is 14.4 Å². The van der Waals surface area contributed by atoms with Crippen molar-refractivity contribution in [2.24, 2.45) is 5.73 Å². The largest absolute Gasteiger partial charge is 0.494 e. The maximum absolute atomic E-state index is 14.1. The first kappa shape index (κ1) is 34.4. The molecule has 4 aromatic rings. The summed E-state index contributed by atoms with van der Waals surface area (Å²) in [7, 11) is 3.23. The van der Waals surface area contributed by atoms with Crippen molar-refractivity contribution in [3.05, 3.63) is 59.2 Å². The fraction of sp³-hybridized carbons (Fsp3) is 0.355. The van der Waals surface area contributed by atoms with Crippen molar-refractivity contribution < 1.29 is 13.9 Å². The summed E-state index contributed by atoms with van der Waals surface area (Å²) in [6.07, 6.45) is 18.1. The van der Waals surface area contributed by atoms with E-state index in [1.165, 1.54) is 23.8 Å². The molecule has 10 heteroatoms. The number of carbonyl (C=O) groups excluding carboxylic acids is 1. The first-order valence-corrected chi connectivity index (χ1v) is 13.1. The monoisotopic (exact) mass is 561 g/mol. The summed E-state index contributed by atoms with van der Waals surface area (Å²) in [6, 6.07) is 10.0. The number of benzene rings is 2. The number of hydrogen-bond acceptors (Lipinski definition) is 7. The molecule has 4 rings (SSSR count). The number of fused-ring (bicyclic) bond motifs is 3. The van der Waals surface area contributed by atoms with Gasteiger partial charge in [0.25, 0.3) is 5.91 Å². The van der Waals surface area contributed by atoms with E-state index in [2.05, 4.69) is 40.8 Å². The van der Waals surface area contributed by atoms with Gasteiger partial charge in [0.15, 0.2) is 11.5 Å². The number of methoxy groups -OCH3 is 1. The number of aromatic nitrogens is 4. The van der Waals surface area contributed by atoms with Crippen LogP contribution in [0.1, 0.15) is 62.3 Å². The van der Waals surface area contributed by atoms with Gasteiger partial charge in [-0.2, -0.15) is 4.52 Å². The molecule has 218 valence electrons. The minimum absolute atomic E-state index is 0.0430. The van der Waals surface area contributed by atoms with Gasteiger partial charge in [-0.05, 0) is 50.5 Å². The molecule has 0 fully saturated rings. The number of halogens is 1. The zero-order valence-corrected chi connectivity index (χ0v) is 24.7. The topological polar surface area (TPSA) is 125 Å². The fourth-order valence-corrected chi connectivity index (χ4v) is 3.97. The molecule has 41 heavy (non-hydrogen) atoms. The number of unbranched alkanes of at least 4 members (excludes halogenated alkanes) is 1. The Labute approximate surface area is 242 Å². The molecule has 0 atom stereocenters. The predicted octanol–water partition coefficient (Wildman–Crippen LogP) is 4.82. The van der Waals surface area contributed by atoms with Crippen LogP contribution in [0.25, 0.3) is 16.6 Å². The van der Waals surface area contributed by atoms with Crippen LogP contribution in [-0.2, 0) is 12.0 Å². The highest BCUT2D eigenvalue weighted by Gasteiger charge is 2.18. The predicted molar refractivity (Wildman–Crippen MR) is 164 cm³/mol. The van der Waals surface area contributed by atoms with Crippen LogP contribution in [0.4, 0.5) is 10.3 Å². The third kappa shape index (κ3) is 8.41. The number of rotatable bonds is 8. The van der Waals surface area contributed by atoms with Gasteiger partial charge in [0, 0.05) is 37.2 Å². The summed E-state index contributed by atoms with van der Waals surface area (Å²) in [4.78, 5) is 23.3. The number of carbonyl (C=O) groups is 1. The quantitative estimate of drug-likeness (QED) is 0.233. The lowest BCUT2D eigenvalue weighted by molar-refractivity contribution is 0.0792. The van der Waals surface area contributed by atoms with Gasteiger partial charge < -0.3 is 21.1 Å². The van der Waals surface area contributed by atoms with Gasteiger partial charge in [-0.15, -0.1) is 30.8 Å². The standard InChI is InChI=1S/C25H30FN7O2.C2H6.2C2H2/c1-25(2,28)16-10-8-15(9-11-16)23(34)32(3)12-6-5-7-20-29-22-18-13-17(26)14-19(35-4)21(18)30-24(27)33(22)31-20;3*1-2/h8-11,13-14H,5-7,12,28H2,1-4H3,(H2,27,30);1-2H3;2*1-2H. The van der Waals surface area contributed by atoms with Crippen LogP contribution in [0.2, 0.25) is 0 Å². The Morgan fingerprint density at radius 2 is 1.68 bits per heavy atom. The molecule has 9 nitrogen and oxygen atoms in total. The lowest BCUT2D eigenvalue weighted by atomic mass is 9.95. The second-order valence-corrected chi connectivity index (χ2v) is 9.22. The lowest BCUT2D eigenvalue weighted by Gasteiger charge is -2.20. The Morgan fingerprint density at radius 3 is 2.24 bits per heavy atom. The van der Waals surface area contributed by atoms with Crippen molar-refractivity contribution in [1.29, 1.82) is 0 Å². The molecule has 0 aliphatic rings. The van der Waals surface area contributed by atoms with E-state index >= 15 is 0 Å². The second kappa shape index (κ2) is 15.8. The third-order valence-electron chi connectivity index (χ3n) is 5.96. The molecule has 0 radical (unpaired) electrons. The summed E-state index contributed by atoms with van der Waals surface area (Å²) in [5.74, 6) is 0.501. The Morgan fingerprint density at radius 1 is 1.07 bits per heavy atom. The van der Waals surface area contributed by atoms with Crippen LogP contribution in [0.3, 0.4) is 0 Å². The Hall–Kier alpha value is -4.67. The van der Waals surface area contributed by atoms with Crippen LogP contribution in [0, 0.1) is 31.5 Å². The van der Waals surface area contributed by atoms with Crippen molar-refractivity contribution in [3.8, 4) is 31.4 Å². The third-order valence-corrected chi connectivity index (χ3v) is 5.96. The number of hydrogen-bond donors (Lipinski definition) is 2. The van der Waals surface area contributed by atoms with E-state index in [-0.39, 0.29) is 17.6 Å². The average Bonchev–Trinajstić information content (AvgIpc) is 3.43. The highest BCUT2D eigenvalue weighted by molar-refractivity contribution is 5.96. The fourth-order valence-electron chi connectivity index (χ4n) is 3.97. The Bertz CT molecular complexity index is 1460. The summed E-state index contributed by atoms with van der Waals surface area (Å²) in [6.45, 7) is 8.44. The number of anilines is 1. The lowest BCUT2D eigenvalue weighted by Crippen LogP contribution is -2.29. The van der Waals surface area contributed by atoms with E-state index in [4.69, 9.17) is 16.2 Å².